The highest BCUT2D eigenvalue weighted by atomic mass is 16.5. The van der Waals surface area contributed by atoms with Crippen molar-refractivity contribution in [1.82, 2.24) is 0 Å². The lowest BCUT2D eigenvalue weighted by Crippen LogP contribution is -2.14. The van der Waals surface area contributed by atoms with Crippen LogP contribution in [0.5, 0.6) is 11.5 Å². The lowest BCUT2D eigenvalue weighted by atomic mass is 10.1. The molecule has 4 aromatic rings. The van der Waals surface area contributed by atoms with Gasteiger partial charge in [-0.15, -0.1) is 0 Å². The van der Waals surface area contributed by atoms with Crippen LogP contribution < -0.4 is 14.8 Å². The van der Waals surface area contributed by atoms with Crippen LogP contribution in [0.4, 0.5) is 5.69 Å². The number of para-hydroxylation sites is 3. The summed E-state index contributed by atoms with van der Waals surface area (Å²) in [4.78, 5) is 13.0. The van der Waals surface area contributed by atoms with E-state index in [0.717, 1.165) is 11.1 Å². The van der Waals surface area contributed by atoms with Crippen molar-refractivity contribution in [2.45, 2.75) is 13.2 Å². The normalized spacial score (nSPS) is 10.3. The molecule has 1 N–H and O–H groups in total. The molecule has 0 bridgehead atoms. The molecule has 0 heterocycles. The van der Waals surface area contributed by atoms with E-state index in [0.29, 0.717) is 36.0 Å². The number of ether oxygens (including phenoxy) is 2. The van der Waals surface area contributed by atoms with E-state index in [4.69, 9.17) is 9.47 Å². The SMILES string of the molecule is O=C(Nc1ccccc1OCc1ccccc1)c1ccccc1OCc1ccccc1. The highest BCUT2D eigenvalue weighted by Gasteiger charge is 2.14. The van der Waals surface area contributed by atoms with E-state index >= 15 is 0 Å². The van der Waals surface area contributed by atoms with Gasteiger partial charge in [-0.1, -0.05) is 84.9 Å². The third kappa shape index (κ3) is 5.52. The summed E-state index contributed by atoms with van der Waals surface area (Å²) in [5, 5.41) is 2.96. The van der Waals surface area contributed by atoms with Crippen LogP contribution in [0.2, 0.25) is 0 Å². The molecule has 0 spiro atoms. The minimum Gasteiger partial charge on any atom is -0.488 e. The fraction of sp³-hybridized carbons (Fsp3) is 0.0741. The number of carbonyl (C=O) groups excluding carboxylic acids is 1. The zero-order chi connectivity index (χ0) is 21.3. The molecule has 0 aromatic heterocycles. The third-order valence-electron chi connectivity index (χ3n) is 4.74. The summed E-state index contributed by atoms with van der Waals surface area (Å²) in [6.07, 6.45) is 0. The molecule has 154 valence electrons. The number of benzene rings is 4. The van der Waals surface area contributed by atoms with Crippen LogP contribution in [0.25, 0.3) is 0 Å². The molecule has 0 saturated carbocycles. The molecule has 4 heteroatoms. The van der Waals surface area contributed by atoms with Crippen molar-refractivity contribution in [1.29, 1.82) is 0 Å². The maximum atomic E-state index is 13.0. The molecule has 4 nitrogen and oxygen atoms in total. The molecule has 0 fully saturated rings. The molecular formula is C27H23NO3. The number of carbonyl (C=O) groups is 1. The smallest absolute Gasteiger partial charge is 0.259 e. The minimum absolute atomic E-state index is 0.251. The van der Waals surface area contributed by atoms with Gasteiger partial charge in [0.15, 0.2) is 0 Å². The molecule has 0 saturated heterocycles. The predicted octanol–water partition coefficient (Wildman–Crippen LogP) is 6.10. The standard InChI is InChI=1S/C27H23NO3/c29-27(23-15-7-9-17-25(23)30-19-21-11-3-1-4-12-21)28-24-16-8-10-18-26(24)31-20-22-13-5-2-6-14-22/h1-18H,19-20H2,(H,28,29). The van der Waals surface area contributed by atoms with Gasteiger partial charge >= 0.3 is 0 Å². The van der Waals surface area contributed by atoms with Gasteiger partial charge in [0.1, 0.15) is 24.7 Å². The molecule has 4 aromatic carbocycles. The molecule has 1 amide bonds. The van der Waals surface area contributed by atoms with Crippen LogP contribution in [-0.2, 0) is 13.2 Å². The van der Waals surface area contributed by atoms with E-state index in [2.05, 4.69) is 5.32 Å². The fourth-order valence-corrected chi connectivity index (χ4v) is 3.14. The Morgan fingerprint density at radius 1 is 0.581 bits per heavy atom. The van der Waals surface area contributed by atoms with Gasteiger partial charge in [-0.3, -0.25) is 4.79 Å². The zero-order valence-corrected chi connectivity index (χ0v) is 17.0. The Hall–Kier alpha value is -4.05. The molecule has 31 heavy (non-hydrogen) atoms. The monoisotopic (exact) mass is 409 g/mol. The topological polar surface area (TPSA) is 47.6 Å². The molecule has 0 aliphatic rings. The maximum Gasteiger partial charge on any atom is 0.259 e. The van der Waals surface area contributed by atoms with Crippen LogP contribution in [0.15, 0.2) is 109 Å². The summed E-state index contributed by atoms with van der Waals surface area (Å²) >= 11 is 0. The van der Waals surface area contributed by atoms with Crippen LogP contribution in [0.3, 0.4) is 0 Å². The summed E-state index contributed by atoms with van der Waals surface area (Å²) < 4.78 is 11.9. The van der Waals surface area contributed by atoms with Gasteiger partial charge in [-0.05, 0) is 35.4 Å². The third-order valence-corrected chi connectivity index (χ3v) is 4.74. The number of hydrogen-bond acceptors (Lipinski definition) is 3. The Balaban J connectivity index is 1.46. The van der Waals surface area contributed by atoms with Gasteiger partial charge in [0.05, 0.1) is 11.3 Å². The first-order valence-electron chi connectivity index (χ1n) is 10.1. The van der Waals surface area contributed by atoms with E-state index in [1.54, 1.807) is 12.1 Å². The van der Waals surface area contributed by atoms with E-state index in [9.17, 15) is 4.79 Å². The second-order valence-electron chi connectivity index (χ2n) is 6.99. The number of hydrogen-bond donors (Lipinski definition) is 1. The van der Waals surface area contributed by atoms with E-state index in [1.807, 2.05) is 97.1 Å². The molecular weight excluding hydrogens is 386 g/mol. The van der Waals surface area contributed by atoms with Crippen molar-refractivity contribution in [2.75, 3.05) is 5.32 Å². The van der Waals surface area contributed by atoms with Crippen molar-refractivity contribution < 1.29 is 14.3 Å². The first kappa shape index (κ1) is 20.2. The zero-order valence-electron chi connectivity index (χ0n) is 17.0. The lowest BCUT2D eigenvalue weighted by Gasteiger charge is -2.14. The second-order valence-corrected chi connectivity index (χ2v) is 6.99. The van der Waals surface area contributed by atoms with Gasteiger partial charge in [-0.25, -0.2) is 0 Å². The van der Waals surface area contributed by atoms with Crippen LogP contribution in [0.1, 0.15) is 21.5 Å². The van der Waals surface area contributed by atoms with Crippen molar-refractivity contribution >= 4 is 11.6 Å². The van der Waals surface area contributed by atoms with E-state index in [1.165, 1.54) is 0 Å². The number of rotatable bonds is 8. The predicted molar refractivity (Wildman–Crippen MR) is 122 cm³/mol. The van der Waals surface area contributed by atoms with Gasteiger partial charge in [-0.2, -0.15) is 0 Å². The van der Waals surface area contributed by atoms with Gasteiger partial charge in [0.25, 0.3) is 5.91 Å². The fourth-order valence-electron chi connectivity index (χ4n) is 3.14. The summed E-state index contributed by atoms with van der Waals surface area (Å²) in [6.45, 7) is 0.812. The van der Waals surface area contributed by atoms with Crippen molar-refractivity contribution in [3.05, 3.63) is 126 Å². The van der Waals surface area contributed by atoms with Gasteiger partial charge in [0.2, 0.25) is 0 Å². The van der Waals surface area contributed by atoms with Gasteiger partial charge in [0, 0.05) is 0 Å². The number of anilines is 1. The highest BCUT2D eigenvalue weighted by Crippen LogP contribution is 2.27. The van der Waals surface area contributed by atoms with Crippen LogP contribution in [-0.4, -0.2) is 5.91 Å². The Kier molecular flexibility index (Phi) is 6.61. The summed E-state index contributed by atoms with van der Waals surface area (Å²) in [5.41, 5.74) is 3.18. The largest absolute Gasteiger partial charge is 0.488 e. The van der Waals surface area contributed by atoms with E-state index in [-0.39, 0.29) is 5.91 Å². The molecule has 4 rings (SSSR count). The Labute approximate surface area is 182 Å². The minimum atomic E-state index is -0.251. The number of nitrogens with one attached hydrogen (secondary N) is 1. The van der Waals surface area contributed by atoms with Crippen molar-refractivity contribution in [3.63, 3.8) is 0 Å². The quantitative estimate of drug-likeness (QED) is 0.383. The molecule has 0 aliphatic carbocycles. The molecule has 0 radical (unpaired) electrons. The lowest BCUT2D eigenvalue weighted by molar-refractivity contribution is 0.102. The number of amides is 1. The molecule has 0 atom stereocenters. The summed E-state index contributed by atoms with van der Waals surface area (Å²) in [7, 11) is 0. The first-order chi connectivity index (χ1) is 15.3. The maximum absolute atomic E-state index is 13.0. The molecule has 0 aliphatic heterocycles. The Bertz CT molecular complexity index is 1130. The summed E-state index contributed by atoms with van der Waals surface area (Å²) in [6, 6.07) is 34.4. The van der Waals surface area contributed by atoms with Crippen molar-refractivity contribution in [2.24, 2.45) is 0 Å². The molecule has 0 unspecified atom stereocenters. The average molecular weight is 409 g/mol. The van der Waals surface area contributed by atoms with E-state index < -0.39 is 0 Å². The summed E-state index contributed by atoms with van der Waals surface area (Å²) in [5.74, 6) is 0.897. The van der Waals surface area contributed by atoms with Crippen LogP contribution >= 0.6 is 0 Å². The van der Waals surface area contributed by atoms with Gasteiger partial charge < -0.3 is 14.8 Å². The van der Waals surface area contributed by atoms with Crippen LogP contribution in [0, 0.1) is 0 Å². The second kappa shape index (κ2) is 10.1. The van der Waals surface area contributed by atoms with Crippen molar-refractivity contribution in [3.8, 4) is 11.5 Å². The Morgan fingerprint density at radius 3 is 1.71 bits per heavy atom. The first-order valence-corrected chi connectivity index (χ1v) is 10.1. The highest BCUT2D eigenvalue weighted by molar-refractivity contribution is 6.06. The Morgan fingerprint density at radius 2 is 1.06 bits per heavy atom. The average Bonchev–Trinajstić information content (AvgIpc) is 2.83.